The molecule has 2 aromatic rings. The number of benzene rings is 1. The van der Waals surface area contributed by atoms with Gasteiger partial charge >= 0.3 is 0 Å². The number of nitrogens with zero attached hydrogens (tertiary/aromatic N) is 4. The second-order valence-electron chi connectivity index (χ2n) is 8.18. The molecule has 10 heteroatoms. The van der Waals surface area contributed by atoms with Gasteiger partial charge in [0, 0.05) is 42.8 Å². The summed E-state index contributed by atoms with van der Waals surface area (Å²) >= 11 is 5.95. The van der Waals surface area contributed by atoms with Gasteiger partial charge in [0.15, 0.2) is 5.96 Å². The van der Waals surface area contributed by atoms with E-state index in [9.17, 15) is 0 Å². The number of halogens is 2. The molecule has 0 bridgehead atoms. The van der Waals surface area contributed by atoms with Crippen molar-refractivity contribution in [2.45, 2.75) is 44.2 Å². The Morgan fingerprint density at radius 3 is 2.53 bits per heavy atom. The molecule has 1 saturated heterocycles. The highest BCUT2D eigenvalue weighted by molar-refractivity contribution is 14.0. The van der Waals surface area contributed by atoms with Crippen LogP contribution in [0.5, 0.6) is 0 Å². The summed E-state index contributed by atoms with van der Waals surface area (Å²) in [6.45, 7) is 4.92. The molecule has 0 unspecified atom stereocenters. The standard InChI is InChI=1S/C22H31ClN6O2.HI/c1-24-21(25-15-19-27-20(28-31-19)17-5-7-18(23)8-6-17)26-16-22(9-3-2-4-10-22)29-11-13-30-14-12-29;/h5-8H,2-4,9-16H2,1H3,(H2,24,25,26);1H. The van der Waals surface area contributed by atoms with Gasteiger partial charge in [-0.1, -0.05) is 36.0 Å². The molecular weight excluding hydrogens is 543 g/mol. The van der Waals surface area contributed by atoms with Gasteiger partial charge in [-0.25, -0.2) is 0 Å². The molecule has 0 spiro atoms. The van der Waals surface area contributed by atoms with E-state index in [1.54, 1.807) is 7.05 Å². The van der Waals surface area contributed by atoms with E-state index in [2.05, 4.69) is 30.7 Å². The number of guanidine groups is 1. The highest BCUT2D eigenvalue weighted by Crippen LogP contribution is 2.33. The van der Waals surface area contributed by atoms with E-state index in [1.807, 2.05) is 24.3 Å². The maximum atomic E-state index is 5.95. The molecule has 8 nitrogen and oxygen atoms in total. The van der Waals surface area contributed by atoms with Crippen LogP contribution in [0, 0.1) is 0 Å². The average Bonchev–Trinajstić information content (AvgIpc) is 3.30. The fourth-order valence-corrected chi connectivity index (χ4v) is 4.65. The van der Waals surface area contributed by atoms with E-state index in [1.165, 1.54) is 32.1 Å². The lowest BCUT2D eigenvalue weighted by atomic mass is 9.80. The van der Waals surface area contributed by atoms with Gasteiger partial charge in [-0.05, 0) is 37.1 Å². The van der Waals surface area contributed by atoms with Crippen molar-refractivity contribution in [2.75, 3.05) is 39.9 Å². The van der Waals surface area contributed by atoms with Gasteiger partial charge < -0.3 is 19.9 Å². The lowest BCUT2D eigenvalue weighted by molar-refractivity contribution is -0.0352. The molecule has 2 N–H and O–H groups in total. The minimum absolute atomic E-state index is 0. The Balaban J connectivity index is 0.00000289. The number of rotatable bonds is 6. The Labute approximate surface area is 211 Å². The predicted molar refractivity (Wildman–Crippen MR) is 137 cm³/mol. The molecule has 1 aliphatic carbocycles. The van der Waals surface area contributed by atoms with Crippen LogP contribution in [0.25, 0.3) is 11.4 Å². The SMILES string of the molecule is CN=C(NCc1nc(-c2ccc(Cl)cc2)no1)NCC1(N2CCOCC2)CCCCC1.I. The minimum Gasteiger partial charge on any atom is -0.379 e. The molecule has 2 aliphatic rings. The first-order chi connectivity index (χ1) is 15.2. The lowest BCUT2D eigenvalue weighted by Crippen LogP contribution is -2.60. The maximum Gasteiger partial charge on any atom is 0.246 e. The molecule has 0 radical (unpaired) electrons. The van der Waals surface area contributed by atoms with Gasteiger partial charge in [0.2, 0.25) is 11.7 Å². The number of morpholine rings is 1. The van der Waals surface area contributed by atoms with Crippen LogP contribution in [-0.2, 0) is 11.3 Å². The Morgan fingerprint density at radius 1 is 1.12 bits per heavy atom. The fraction of sp³-hybridized carbons (Fsp3) is 0.591. The first kappa shape index (κ1) is 25.2. The van der Waals surface area contributed by atoms with E-state index < -0.39 is 0 Å². The highest BCUT2D eigenvalue weighted by Gasteiger charge is 2.38. The van der Waals surface area contributed by atoms with Crippen LogP contribution in [-0.4, -0.2) is 66.4 Å². The molecule has 0 atom stereocenters. The molecule has 2 heterocycles. The van der Waals surface area contributed by atoms with E-state index in [0.717, 1.165) is 44.4 Å². The summed E-state index contributed by atoms with van der Waals surface area (Å²) in [6, 6.07) is 7.37. The van der Waals surface area contributed by atoms with Crippen LogP contribution >= 0.6 is 35.6 Å². The molecule has 2 fully saturated rings. The molecule has 4 rings (SSSR count). The Morgan fingerprint density at radius 2 is 1.84 bits per heavy atom. The number of hydrogen-bond acceptors (Lipinski definition) is 6. The molecule has 32 heavy (non-hydrogen) atoms. The van der Waals surface area contributed by atoms with E-state index >= 15 is 0 Å². The van der Waals surface area contributed by atoms with Crippen LogP contribution in [0.4, 0.5) is 0 Å². The third-order valence-corrected chi connectivity index (χ3v) is 6.50. The van der Waals surface area contributed by atoms with Crippen molar-refractivity contribution >= 4 is 41.5 Å². The zero-order valence-electron chi connectivity index (χ0n) is 18.5. The second-order valence-corrected chi connectivity index (χ2v) is 8.62. The van der Waals surface area contributed by atoms with Crippen LogP contribution in [0.1, 0.15) is 38.0 Å². The Bertz CT molecular complexity index is 864. The lowest BCUT2D eigenvalue weighted by Gasteiger charge is -2.48. The van der Waals surface area contributed by atoms with Crippen molar-refractivity contribution in [1.82, 2.24) is 25.7 Å². The Kier molecular flexibility index (Phi) is 9.57. The molecule has 0 amide bonds. The number of hydrogen-bond donors (Lipinski definition) is 2. The molecule has 1 aromatic heterocycles. The summed E-state index contributed by atoms with van der Waals surface area (Å²) in [5, 5.41) is 11.6. The smallest absolute Gasteiger partial charge is 0.246 e. The number of ether oxygens (including phenoxy) is 1. The molecular formula is C22H32ClIN6O2. The van der Waals surface area contributed by atoms with Crippen LogP contribution in [0.15, 0.2) is 33.8 Å². The van der Waals surface area contributed by atoms with Gasteiger partial charge in [0.05, 0.1) is 19.8 Å². The van der Waals surface area contributed by atoms with Gasteiger partial charge in [-0.3, -0.25) is 9.89 Å². The van der Waals surface area contributed by atoms with E-state index in [0.29, 0.717) is 23.3 Å². The zero-order chi connectivity index (χ0) is 21.5. The first-order valence-electron chi connectivity index (χ1n) is 11.0. The first-order valence-corrected chi connectivity index (χ1v) is 11.4. The zero-order valence-corrected chi connectivity index (χ0v) is 21.6. The quantitative estimate of drug-likeness (QED) is 0.309. The molecule has 1 saturated carbocycles. The molecule has 1 aliphatic heterocycles. The predicted octanol–water partition coefficient (Wildman–Crippen LogP) is 3.71. The Hall–Kier alpha value is -1.43. The maximum absolute atomic E-state index is 5.95. The molecule has 1 aromatic carbocycles. The third-order valence-electron chi connectivity index (χ3n) is 6.25. The van der Waals surface area contributed by atoms with Crippen molar-refractivity contribution in [2.24, 2.45) is 4.99 Å². The topological polar surface area (TPSA) is 87.8 Å². The third kappa shape index (κ3) is 6.33. The van der Waals surface area contributed by atoms with Crippen LogP contribution in [0.2, 0.25) is 5.02 Å². The highest BCUT2D eigenvalue weighted by atomic mass is 127. The average molecular weight is 575 g/mol. The summed E-state index contributed by atoms with van der Waals surface area (Å²) < 4.78 is 11.0. The van der Waals surface area contributed by atoms with Crippen molar-refractivity contribution in [3.05, 3.63) is 35.2 Å². The van der Waals surface area contributed by atoms with Gasteiger partial charge in [-0.15, -0.1) is 24.0 Å². The van der Waals surface area contributed by atoms with Gasteiger partial charge in [0.25, 0.3) is 0 Å². The van der Waals surface area contributed by atoms with Crippen LogP contribution < -0.4 is 10.6 Å². The normalized spacial score (nSPS) is 19.2. The fourth-order valence-electron chi connectivity index (χ4n) is 4.52. The van der Waals surface area contributed by atoms with Crippen LogP contribution in [0.3, 0.4) is 0 Å². The van der Waals surface area contributed by atoms with Crippen molar-refractivity contribution in [3.63, 3.8) is 0 Å². The summed E-state index contributed by atoms with van der Waals surface area (Å²) in [4.78, 5) is 11.5. The van der Waals surface area contributed by atoms with Crippen molar-refractivity contribution < 1.29 is 9.26 Å². The largest absolute Gasteiger partial charge is 0.379 e. The van der Waals surface area contributed by atoms with Gasteiger partial charge in [-0.2, -0.15) is 4.98 Å². The summed E-state index contributed by atoms with van der Waals surface area (Å²) in [5.74, 6) is 1.79. The summed E-state index contributed by atoms with van der Waals surface area (Å²) in [6.07, 6.45) is 6.31. The minimum atomic E-state index is 0. The second kappa shape index (κ2) is 12.2. The van der Waals surface area contributed by atoms with Crippen molar-refractivity contribution in [1.29, 1.82) is 0 Å². The van der Waals surface area contributed by atoms with Gasteiger partial charge in [0.1, 0.15) is 0 Å². The number of aromatic nitrogens is 2. The van der Waals surface area contributed by atoms with E-state index in [4.69, 9.17) is 20.9 Å². The van der Waals surface area contributed by atoms with E-state index in [-0.39, 0.29) is 29.5 Å². The number of nitrogens with one attached hydrogen (secondary N) is 2. The summed E-state index contributed by atoms with van der Waals surface area (Å²) in [7, 11) is 1.78. The number of aliphatic imine (C=N–C) groups is 1. The van der Waals surface area contributed by atoms with Crippen molar-refractivity contribution in [3.8, 4) is 11.4 Å². The monoisotopic (exact) mass is 574 g/mol. The summed E-state index contributed by atoms with van der Waals surface area (Å²) in [5.41, 5.74) is 1.04. The molecule has 176 valence electrons.